The summed E-state index contributed by atoms with van der Waals surface area (Å²) >= 11 is 0. The first-order valence-electron chi connectivity index (χ1n) is 12.6. The SMILES string of the molecule is Cn1cc(C2=Cc3c(ncnc3N3CCC(NS(=O)(=O)c4ccc(N5CCCC5=O)cc4)CC3)C2)cn1. The molecule has 0 radical (unpaired) electrons. The highest BCUT2D eigenvalue weighted by Gasteiger charge is 2.29. The molecular formula is C26H29N7O3S. The van der Waals surface area contributed by atoms with Crippen LogP contribution in [0.4, 0.5) is 11.5 Å². The van der Waals surface area contributed by atoms with E-state index in [4.69, 9.17) is 0 Å². The highest BCUT2D eigenvalue weighted by molar-refractivity contribution is 7.89. The number of benzene rings is 1. The summed E-state index contributed by atoms with van der Waals surface area (Å²) in [7, 11) is -1.75. The van der Waals surface area contributed by atoms with E-state index in [0.29, 0.717) is 38.9 Å². The maximum Gasteiger partial charge on any atom is 0.240 e. The number of carbonyl (C=O) groups is 1. The summed E-state index contributed by atoms with van der Waals surface area (Å²) in [5, 5.41) is 4.28. The van der Waals surface area contributed by atoms with E-state index in [1.807, 2.05) is 19.4 Å². The number of carbonyl (C=O) groups excluding carboxylic acids is 1. The van der Waals surface area contributed by atoms with Crippen LogP contribution in [0.2, 0.25) is 0 Å². The van der Waals surface area contributed by atoms with Crippen LogP contribution in [0.15, 0.2) is 47.9 Å². The van der Waals surface area contributed by atoms with Crippen molar-refractivity contribution in [2.24, 2.45) is 7.05 Å². The Kier molecular flexibility index (Phi) is 6.04. The Morgan fingerprint density at radius 2 is 1.84 bits per heavy atom. The Morgan fingerprint density at radius 1 is 1.05 bits per heavy atom. The molecule has 3 aromatic rings. The topological polar surface area (TPSA) is 113 Å². The number of nitrogens with one attached hydrogen (secondary N) is 1. The zero-order valence-corrected chi connectivity index (χ0v) is 21.5. The fraction of sp³-hybridized carbons (Fsp3) is 0.385. The van der Waals surface area contributed by atoms with Crippen LogP contribution < -0.4 is 14.5 Å². The summed E-state index contributed by atoms with van der Waals surface area (Å²) in [6, 6.07) is 6.42. The van der Waals surface area contributed by atoms with Gasteiger partial charge >= 0.3 is 0 Å². The Morgan fingerprint density at radius 3 is 2.51 bits per heavy atom. The average molecular weight is 520 g/mol. The second-order valence-electron chi connectivity index (χ2n) is 9.83. The van der Waals surface area contributed by atoms with Crippen LogP contribution in [0.5, 0.6) is 0 Å². The standard InChI is InChI=1S/C26H29N7O3S/c1-31-16-19(15-29-31)18-13-23-24(14-18)27-17-28-26(23)32-11-8-20(9-12-32)30-37(35,36)22-6-4-21(5-7-22)33-10-2-3-25(33)34/h4-7,13,15-17,20,30H,2-3,8-12,14H2,1H3. The molecule has 2 aromatic heterocycles. The minimum Gasteiger partial charge on any atom is -0.356 e. The number of aryl methyl sites for hydroxylation is 1. The van der Waals surface area contributed by atoms with E-state index in [2.05, 4.69) is 30.8 Å². The number of anilines is 2. The lowest BCUT2D eigenvalue weighted by atomic mass is 10.1. The number of fused-ring (bicyclic) bond motifs is 1. The second kappa shape index (κ2) is 9.38. The molecule has 2 fully saturated rings. The van der Waals surface area contributed by atoms with Crippen molar-refractivity contribution in [2.45, 2.75) is 43.0 Å². The molecule has 4 heterocycles. The van der Waals surface area contributed by atoms with Gasteiger partial charge in [0, 0.05) is 68.6 Å². The van der Waals surface area contributed by atoms with Gasteiger partial charge < -0.3 is 9.80 Å². The molecule has 0 spiro atoms. The van der Waals surface area contributed by atoms with Crippen molar-refractivity contribution in [1.29, 1.82) is 0 Å². The van der Waals surface area contributed by atoms with Gasteiger partial charge in [-0.1, -0.05) is 0 Å². The molecule has 1 aliphatic carbocycles. The molecule has 1 N–H and O–H groups in total. The fourth-order valence-electron chi connectivity index (χ4n) is 5.36. The van der Waals surface area contributed by atoms with Crippen LogP contribution in [-0.2, 0) is 28.3 Å². The van der Waals surface area contributed by atoms with Gasteiger partial charge in [0.1, 0.15) is 12.1 Å². The minimum absolute atomic E-state index is 0.0820. The van der Waals surface area contributed by atoms with Gasteiger partial charge in [0.25, 0.3) is 0 Å². The number of aromatic nitrogens is 4. The number of sulfonamides is 1. The van der Waals surface area contributed by atoms with Crippen molar-refractivity contribution in [2.75, 3.05) is 29.4 Å². The molecule has 0 atom stereocenters. The number of rotatable bonds is 6. The lowest BCUT2D eigenvalue weighted by Gasteiger charge is -2.33. The molecule has 0 saturated carbocycles. The average Bonchev–Trinajstić information content (AvgIpc) is 3.63. The molecule has 1 amide bonds. The van der Waals surface area contributed by atoms with Gasteiger partial charge in [-0.15, -0.1) is 0 Å². The number of nitrogens with zero attached hydrogens (tertiary/aromatic N) is 6. The van der Waals surface area contributed by atoms with Crippen molar-refractivity contribution in [3.8, 4) is 0 Å². The molecule has 1 aromatic carbocycles. The largest absolute Gasteiger partial charge is 0.356 e. The van der Waals surface area contributed by atoms with Gasteiger partial charge in [0.05, 0.1) is 16.8 Å². The van der Waals surface area contributed by atoms with E-state index in [0.717, 1.165) is 41.2 Å². The zero-order chi connectivity index (χ0) is 25.6. The quantitative estimate of drug-likeness (QED) is 0.532. The third-order valence-corrected chi connectivity index (χ3v) is 8.88. The highest BCUT2D eigenvalue weighted by atomic mass is 32.2. The molecular weight excluding hydrogens is 490 g/mol. The molecule has 0 bridgehead atoms. The summed E-state index contributed by atoms with van der Waals surface area (Å²) in [6.07, 6.45) is 11.1. The molecule has 10 nitrogen and oxygen atoms in total. The summed E-state index contributed by atoms with van der Waals surface area (Å²) in [6.45, 7) is 2.07. The summed E-state index contributed by atoms with van der Waals surface area (Å²) < 4.78 is 30.7. The van der Waals surface area contributed by atoms with E-state index >= 15 is 0 Å². The monoisotopic (exact) mass is 519 g/mol. The van der Waals surface area contributed by atoms with E-state index in [-0.39, 0.29) is 16.8 Å². The first-order chi connectivity index (χ1) is 17.9. The smallest absolute Gasteiger partial charge is 0.240 e. The maximum absolute atomic E-state index is 13.0. The zero-order valence-electron chi connectivity index (χ0n) is 20.7. The highest BCUT2D eigenvalue weighted by Crippen LogP contribution is 2.35. The van der Waals surface area contributed by atoms with Gasteiger partial charge in [0.2, 0.25) is 15.9 Å². The Labute approximate surface area is 216 Å². The van der Waals surface area contributed by atoms with Crippen LogP contribution in [0.1, 0.15) is 42.5 Å². The Balaban J connectivity index is 1.11. The molecule has 192 valence electrons. The second-order valence-corrected chi connectivity index (χ2v) is 11.5. The van der Waals surface area contributed by atoms with Gasteiger partial charge in [-0.2, -0.15) is 5.10 Å². The molecule has 2 saturated heterocycles. The predicted octanol–water partition coefficient (Wildman–Crippen LogP) is 2.38. The van der Waals surface area contributed by atoms with Crippen LogP contribution in [0, 0.1) is 0 Å². The van der Waals surface area contributed by atoms with Crippen molar-refractivity contribution in [3.05, 3.63) is 59.8 Å². The third kappa shape index (κ3) is 4.64. The Hall–Kier alpha value is -3.57. The van der Waals surface area contributed by atoms with E-state index in [1.54, 1.807) is 40.2 Å². The molecule has 11 heteroatoms. The molecule has 3 aliphatic rings. The summed E-state index contributed by atoms with van der Waals surface area (Å²) in [5.41, 5.74) is 5.04. The number of allylic oxidation sites excluding steroid dienone is 1. The third-order valence-electron chi connectivity index (χ3n) is 7.35. The van der Waals surface area contributed by atoms with E-state index in [1.165, 1.54) is 5.57 Å². The van der Waals surface area contributed by atoms with E-state index < -0.39 is 10.0 Å². The van der Waals surface area contributed by atoms with Crippen LogP contribution in [0.3, 0.4) is 0 Å². The predicted molar refractivity (Wildman–Crippen MR) is 140 cm³/mol. The summed E-state index contributed by atoms with van der Waals surface area (Å²) in [5.74, 6) is 0.982. The Bertz CT molecular complexity index is 1470. The van der Waals surface area contributed by atoms with Gasteiger partial charge in [-0.3, -0.25) is 9.48 Å². The van der Waals surface area contributed by atoms with Gasteiger partial charge in [-0.05, 0) is 55.2 Å². The summed E-state index contributed by atoms with van der Waals surface area (Å²) in [4.78, 5) is 25.2. The fourth-order valence-corrected chi connectivity index (χ4v) is 6.67. The number of hydrogen-bond donors (Lipinski definition) is 1. The van der Waals surface area contributed by atoms with Crippen LogP contribution in [0.25, 0.3) is 11.6 Å². The number of hydrogen-bond acceptors (Lipinski definition) is 7. The first kappa shape index (κ1) is 23.8. The molecule has 37 heavy (non-hydrogen) atoms. The van der Waals surface area contributed by atoms with E-state index in [9.17, 15) is 13.2 Å². The van der Waals surface area contributed by atoms with Crippen molar-refractivity contribution < 1.29 is 13.2 Å². The lowest BCUT2D eigenvalue weighted by molar-refractivity contribution is -0.117. The molecule has 0 unspecified atom stereocenters. The van der Waals surface area contributed by atoms with Gasteiger partial charge in [-0.25, -0.2) is 23.1 Å². The lowest BCUT2D eigenvalue weighted by Crippen LogP contribution is -2.45. The molecule has 2 aliphatic heterocycles. The first-order valence-corrected chi connectivity index (χ1v) is 14.1. The van der Waals surface area contributed by atoms with Crippen molar-refractivity contribution in [1.82, 2.24) is 24.5 Å². The van der Waals surface area contributed by atoms with Crippen molar-refractivity contribution in [3.63, 3.8) is 0 Å². The van der Waals surface area contributed by atoms with Crippen LogP contribution in [-0.4, -0.2) is 59.7 Å². The van der Waals surface area contributed by atoms with Crippen LogP contribution >= 0.6 is 0 Å². The van der Waals surface area contributed by atoms with Gasteiger partial charge in [0.15, 0.2) is 0 Å². The molecule has 6 rings (SSSR count). The maximum atomic E-state index is 13.0. The normalized spacial score (nSPS) is 18.4. The minimum atomic E-state index is -3.66. The number of amides is 1. The van der Waals surface area contributed by atoms with Crippen molar-refractivity contribution >= 4 is 39.1 Å². The number of piperidine rings is 1.